The van der Waals surface area contributed by atoms with Crippen molar-refractivity contribution in [1.29, 1.82) is 0 Å². The Balaban J connectivity index is 1.98. The predicted molar refractivity (Wildman–Crippen MR) is 116 cm³/mol. The molecule has 0 amide bonds. The van der Waals surface area contributed by atoms with Crippen LogP contribution in [0, 0.1) is 10.1 Å². The Morgan fingerprint density at radius 2 is 2.00 bits per heavy atom. The van der Waals surface area contributed by atoms with Crippen LogP contribution in [0.1, 0.15) is 17.9 Å². The zero-order valence-electron chi connectivity index (χ0n) is 16.4. The average Bonchev–Trinajstić information content (AvgIpc) is 3.07. The van der Waals surface area contributed by atoms with E-state index in [0.29, 0.717) is 28.6 Å². The minimum Gasteiger partial charge on any atom is -0.507 e. The predicted octanol–water partition coefficient (Wildman–Crippen LogP) is 3.32. The normalized spacial score (nSPS) is 19.2. The second kappa shape index (κ2) is 7.95. The van der Waals surface area contributed by atoms with Crippen molar-refractivity contribution >= 4 is 32.6 Å². The summed E-state index contributed by atoms with van der Waals surface area (Å²) in [7, 11) is 1.86. The SMILES string of the molecule is CN1CC[C@@H](c2c(O)cc(O)c3c(=O)cc(-c4ccc([N+](=O)[O-])cc4Br)oc23)[C@@H]1CO. The van der Waals surface area contributed by atoms with Crippen LogP contribution >= 0.6 is 15.9 Å². The number of phenolic OH excluding ortho intramolecular Hbond substituents is 2. The molecule has 0 spiro atoms. The molecule has 2 heterocycles. The fourth-order valence-electron chi connectivity index (χ4n) is 4.24. The molecule has 31 heavy (non-hydrogen) atoms. The molecule has 0 aliphatic carbocycles. The monoisotopic (exact) mass is 490 g/mol. The lowest BCUT2D eigenvalue weighted by Crippen LogP contribution is -2.32. The molecule has 162 valence electrons. The van der Waals surface area contributed by atoms with Crippen molar-refractivity contribution in [2.24, 2.45) is 0 Å². The van der Waals surface area contributed by atoms with Crippen molar-refractivity contribution in [3.8, 4) is 22.8 Å². The fourth-order valence-corrected chi connectivity index (χ4v) is 4.80. The molecule has 10 heteroatoms. The number of phenols is 2. The number of hydrogen-bond donors (Lipinski definition) is 3. The van der Waals surface area contributed by atoms with Gasteiger partial charge in [0, 0.05) is 51.8 Å². The molecule has 3 aromatic rings. The van der Waals surface area contributed by atoms with Crippen LogP contribution < -0.4 is 5.43 Å². The molecule has 0 unspecified atom stereocenters. The third kappa shape index (κ3) is 3.56. The van der Waals surface area contributed by atoms with Crippen LogP contribution in [0.3, 0.4) is 0 Å². The molecule has 0 saturated carbocycles. The van der Waals surface area contributed by atoms with Crippen LogP contribution in [0.15, 0.2) is 44.0 Å². The number of nitro benzene ring substituents is 1. The van der Waals surface area contributed by atoms with Gasteiger partial charge < -0.3 is 24.6 Å². The topological polar surface area (TPSA) is 137 Å². The van der Waals surface area contributed by atoms with E-state index in [1.54, 1.807) is 0 Å². The first-order valence-electron chi connectivity index (χ1n) is 9.51. The third-order valence-corrected chi connectivity index (χ3v) is 6.46. The summed E-state index contributed by atoms with van der Waals surface area (Å²) in [5, 5.41) is 41.8. The molecular formula is C21H19BrN2O7. The van der Waals surface area contributed by atoms with Gasteiger partial charge in [-0.05, 0) is 42.0 Å². The molecule has 4 rings (SSSR count). The number of aromatic hydroxyl groups is 2. The Hall–Kier alpha value is -2.95. The number of non-ortho nitro benzene ring substituents is 1. The van der Waals surface area contributed by atoms with E-state index in [-0.39, 0.29) is 46.7 Å². The summed E-state index contributed by atoms with van der Waals surface area (Å²) in [6.45, 7) is 0.524. The van der Waals surface area contributed by atoms with Crippen LogP contribution in [0.2, 0.25) is 0 Å². The first-order valence-corrected chi connectivity index (χ1v) is 10.3. The number of halogens is 1. The molecular weight excluding hydrogens is 472 g/mol. The third-order valence-electron chi connectivity index (χ3n) is 5.81. The summed E-state index contributed by atoms with van der Waals surface area (Å²) in [4.78, 5) is 25.3. The van der Waals surface area contributed by atoms with Crippen LogP contribution in [0.25, 0.3) is 22.3 Å². The number of likely N-dealkylation sites (tertiary alicyclic amines) is 1. The molecule has 9 nitrogen and oxygen atoms in total. The molecule has 1 aliphatic heterocycles. The number of rotatable bonds is 4. The minimum atomic E-state index is -0.537. The van der Waals surface area contributed by atoms with Gasteiger partial charge in [-0.1, -0.05) is 0 Å². The highest BCUT2D eigenvalue weighted by atomic mass is 79.9. The highest BCUT2D eigenvalue weighted by molar-refractivity contribution is 9.10. The molecule has 1 aromatic heterocycles. The standard InChI is InChI=1S/C21H19BrN2O7/c1-23-5-4-12(14(23)9-25)19-15(26)7-16(27)20-17(28)8-18(31-21(19)20)11-3-2-10(24(29)30)6-13(11)22/h2-3,6-8,12,14,25-27H,4-5,9H2,1H3/t12-,14+/m1/s1. The molecule has 1 saturated heterocycles. The molecule has 0 bridgehead atoms. The zero-order chi connectivity index (χ0) is 22.4. The van der Waals surface area contributed by atoms with Gasteiger partial charge in [-0.25, -0.2) is 0 Å². The lowest BCUT2D eigenvalue weighted by atomic mass is 9.89. The highest BCUT2D eigenvalue weighted by Crippen LogP contribution is 2.44. The van der Waals surface area contributed by atoms with Crippen LogP contribution in [-0.4, -0.2) is 51.4 Å². The van der Waals surface area contributed by atoms with E-state index < -0.39 is 16.1 Å². The van der Waals surface area contributed by atoms with Crippen molar-refractivity contribution in [3.05, 3.63) is 60.7 Å². The van der Waals surface area contributed by atoms with E-state index in [1.165, 1.54) is 24.3 Å². The fraction of sp³-hybridized carbons (Fsp3) is 0.286. The number of nitrogens with zero attached hydrogens (tertiary/aromatic N) is 2. The summed E-state index contributed by atoms with van der Waals surface area (Å²) in [6, 6.07) is 6.06. The summed E-state index contributed by atoms with van der Waals surface area (Å²) in [5.41, 5.74) is 0.125. The van der Waals surface area contributed by atoms with Gasteiger partial charge in [0.05, 0.1) is 11.5 Å². The lowest BCUT2D eigenvalue weighted by Gasteiger charge is -2.24. The van der Waals surface area contributed by atoms with Crippen molar-refractivity contribution in [1.82, 2.24) is 4.90 Å². The van der Waals surface area contributed by atoms with Gasteiger partial charge in [-0.3, -0.25) is 14.9 Å². The van der Waals surface area contributed by atoms with E-state index in [1.807, 2.05) is 11.9 Å². The molecule has 2 aromatic carbocycles. The Labute approximate surface area is 184 Å². The average molecular weight is 491 g/mol. The molecule has 2 atom stereocenters. The van der Waals surface area contributed by atoms with Gasteiger partial charge in [-0.2, -0.15) is 0 Å². The lowest BCUT2D eigenvalue weighted by molar-refractivity contribution is -0.384. The Bertz CT molecular complexity index is 1260. The van der Waals surface area contributed by atoms with E-state index in [2.05, 4.69) is 15.9 Å². The van der Waals surface area contributed by atoms with Gasteiger partial charge >= 0.3 is 0 Å². The van der Waals surface area contributed by atoms with Crippen LogP contribution in [0.4, 0.5) is 5.69 Å². The van der Waals surface area contributed by atoms with Gasteiger partial charge in [0.15, 0.2) is 5.43 Å². The number of likely N-dealkylation sites (N-methyl/N-ethyl adjacent to an activating group) is 1. The van der Waals surface area contributed by atoms with Crippen molar-refractivity contribution in [2.45, 2.75) is 18.4 Å². The molecule has 1 fully saturated rings. The number of hydrogen-bond acceptors (Lipinski definition) is 8. The van der Waals surface area contributed by atoms with Crippen LogP contribution in [-0.2, 0) is 0 Å². The summed E-state index contributed by atoms with van der Waals surface area (Å²) in [5.74, 6) is -0.841. The number of nitro groups is 1. The molecule has 1 aliphatic rings. The maximum absolute atomic E-state index is 12.9. The van der Waals surface area contributed by atoms with Gasteiger partial charge in [-0.15, -0.1) is 0 Å². The molecule has 3 N–H and O–H groups in total. The van der Waals surface area contributed by atoms with Gasteiger partial charge in [0.25, 0.3) is 5.69 Å². The minimum absolute atomic E-state index is 0.0315. The number of fused-ring (bicyclic) bond motifs is 1. The second-order valence-electron chi connectivity index (χ2n) is 7.55. The number of aliphatic hydroxyl groups is 1. The van der Waals surface area contributed by atoms with Crippen molar-refractivity contribution in [2.75, 3.05) is 20.2 Å². The first-order chi connectivity index (χ1) is 14.7. The summed E-state index contributed by atoms with van der Waals surface area (Å²) >= 11 is 3.28. The smallest absolute Gasteiger partial charge is 0.270 e. The van der Waals surface area contributed by atoms with E-state index >= 15 is 0 Å². The molecule has 0 radical (unpaired) electrons. The van der Waals surface area contributed by atoms with E-state index in [9.17, 15) is 30.2 Å². The quantitative estimate of drug-likeness (QED) is 0.374. The van der Waals surface area contributed by atoms with E-state index in [0.717, 1.165) is 6.07 Å². The van der Waals surface area contributed by atoms with Gasteiger partial charge in [0.2, 0.25) is 0 Å². The number of benzene rings is 2. The summed E-state index contributed by atoms with van der Waals surface area (Å²) < 4.78 is 6.37. The van der Waals surface area contributed by atoms with Crippen molar-refractivity contribution in [3.63, 3.8) is 0 Å². The summed E-state index contributed by atoms with van der Waals surface area (Å²) in [6.07, 6.45) is 0.615. The largest absolute Gasteiger partial charge is 0.507 e. The van der Waals surface area contributed by atoms with Crippen LogP contribution in [0.5, 0.6) is 11.5 Å². The maximum Gasteiger partial charge on any atom is 0.270 e. The first kappa shape index (κ1) is 21.3. The van der Waals surface area contributed by atoms with E-state index in [4.69, 9.17) is 4.42 Å². The zero-order valence-corrected chi connectivity index (χ0v) is 18.0. The maximum atomic E-state index is 12.9. The number of aliphatic hydroxyl groups excluding tert-OH is 1. The second-order valence-corrected chi connectivity index (χ2v) is 8.41. The Kier molecular flexibility index (Phi) is 5.46. The van der Waals surface area contributed by atoms with Crippen molar-refractivity contribution < 1.29 is 24.7 Å². The Morgan fingerprint density at radius 1 is 1.26 bits per heavy atom. The highest BCUT2D eigenvalue weighted by Gasteiger charge is 2.36. The van der Waals surface area contributed by atoms with Gasteiger partial charge in [0.1, 0.15) is 28.2 Å². The Morgan fingerprint density at radius 3 is 2.65 bits per heavy atom.